The van der Waals surface area contributed by atoms with Gasteiger partial charge in [0.15, 0.2) is 6.04 Å². The van der Waals surface area contributed by atoms with Gasteiger partial charge >= 0.3 is 6.03 Å². The molecule has 5 nitrogen and oxygen atoms in total. The molecule has 0 fully saturated rings. The molecule has 21 heavy (non-hydrogen) atoms. The first-order valence-electron chi connectivity index (χ1n) is 7.66. The van der Waals surface area contributed by atoms with Gasteiger partial charge in [-0.05, 0) is 19.8 Å². The van der Waals surface area contributed by atoms with Crippen LogP contribution in [0.4, 0.5) is 4.79 Å². The van der Waals surface area contributed by atoms with Crippen molar-refractivity contribution in [1.29, 1.82) is 0 Å². The van der Waals surface area contributed by atoms with Crippen LogP contribution in [-0.4, -0.2) is 25.0 Å². The number of nitrogens with two attached hydrogens (primary N) is 1. The molecule has 0 spiro atoms. The van der Waals surface area contributed by atoms with Gasteiger partial charge in [0.25, 0.3) is 5.91 Å². The number of nitrogens with one attached hydrogen (secondary N) is 2. The number of imide groups is 1. The molecule has 0 aliphatic rings. The van der Waals surface area contributed by atoms with Gasteiger partial charge in [-0.25, -0.2) is 4.79 Å². The van der Waals surface area contributed by atoms with E-state index < -0.39 is 6.03 Å². The lowest BCUT2D eigenvalue weighted by Gasteiger charge is -2.15. The molecule has 0 aliphatic heterocycles. The Morgan fingerprint density at radius 2 is 1.86 bits per heavy atom. The third-order valence-electron chi connectivity index (χ3n) is 3.23. The smallest absolute Gasteiger partial charge is 0.321 e. The summed E-state index contributed by atoms with van der Waals surface area (Å²) in [5, 5.41) is 6.97. The number of amides is 3. The van der Waals surface area contributed by atoms with E-state index in [1.807, 2.05) is 42.6 Å². The molecule has 5 heteroatoms. The molecule has 0 unspecified atom stereocenters. The predicted molar refractivity (Wildman–Crippen MR) is 82.7 cm³/mol. The quantitative estimate of drug-likeness (QED) is 0.632. The molecule has 4 N–H and O–H groups in total. The van der Waals surface area contributed by atoms with Crippen LogP contribution in [0.3, 0.4) is 0 Å². The Morgan fingerprint density at radius 3 is 2.48 bits per heavy atom. The Kier molecular flexibility index (Phi) is 8.12. The van der Waals surface area contributed by atoms with Gasteiger partial charge in [-0.1, -0.05) is 43.7 Å². The van der Waals surface area contributed by atoms with Crippen molar-refractivity contribution in [3.63, 3.8) is 0 Å². The Morgan fingerprint density at radius 1 is 1.14 bits per heavy atom. The van der Waals surface area contributed by atoms with Gasteiger partial charge in [-0.15, -0.1) is 0 Å². The van der Waals surface area contributed by atoms with Gasteiger partial charge in [0.1, 0.15) is 0 Å². The summed E-state index contributed by atoms with van der Waals surface area (Å²) in [4.78, 5) is 23.8. The Labute approximate surface area is 126 Å². The molecule has 1 rings (SSSR count). The van der Waals surface area contributed by atoms with Gasteiger partial charge in [0, 0.05) is 12.1 Å². The normalized spacial score (nSPS) is 11.7. The fourth-order valence-electron chi connectivity index (χ4n) is 2.13. The van der Waals surface area contributed by atoms with Gasteiger partial charge in [0.05, 0.1) is 6.54 Å². The highest BCUT2D eigenvalue weighted by atomic mass is 16.2. The minimum atomic E-state index is -0.439. The second-order valence-corrected chi connectivity index (χ2v) is 4.97. The Balaban J connectivity index is 2.67. The molecular weight excluding hydrogens is 266 g/mol. The van der Waals surface area contributed by atoms with E-state index in [2.05, 4.69) is 17.6 Å². The number of carbonyl (C=O) groups excluding carboxylic acids is 2. The predicted octanol–water partition coefficient (Wildman–Crippen LogP) is 1.33. The molecule has 0 aromatic heterocycles. The maximum absolute atomic E-state index is 12.3. The van der Waals surface area contributed by atoms with E-state index in [0.717, 1.165) is 31.4 Å². The van der Waals surface area contributed by atoms with E-state index in [1.54, 1.807) is 0 Å². The number of rotatable bonds is 8. The Hall–Kier alpha value is -1.88. The number of benzene rings is 1. The molecule has 3 amide bonds. The minimum Gasteiger partial charge on any atom is -0.338 e. The third-order valence-corrected chi connectivity index (χ3v) is 3.23. The van der Waals surface area contributed by atoms with Gasteiger partial charge < -0.3 is 10.6 Å². The van der Waals surface area contributed by atoms with Crippen molar-refractivity contribution < 1.29 is 14.9 Å². The third kappa shape index (κ3) is 6.40. The molecule has 1 aromatic carbocycles. The molecule has 116 valence electrons. The van der Waals surface area contributed by atoms with Gasteiger partial charge in [-0.3, -0.25) is 10.1 Å². The Bertz CT molecular complexity index is 434. The molecule has 0 saturated heterocycles. The monoisotopic (exact) mass is 292 g/mol. The van der Waals surface area contributed by atoms with Crippen LogP contribution in [0.5, 0.6) is 0 Å². The van der Waals surface area contributed by atoms with Gasteiger partial charge in [-0.2, -0.15) is 0 Å². The summed E-state index contributed by atoms with van der Waals surface area (Å²) < 4.78 is 0. The van der Waals surface area contributed by atoms with Crippen molar-refractivity contribution in [1.82, 2.24) is 10.6 Å². The number of hydrogen-bond donors (Lipinski definition) is 3. The molecule has 1 aromatic rings. The van der Waals surface area contributed by atoms with Crippen LogP contribution in [0.2, 0.25) is 0 Å². The molecule has 1 atom stereocenters. The maximum Gasteiger partial charge on any atom is 0.321 e. The highest BCUT2D eigenvalue weighted by molar-refractivity contribution is 5.96. The molecule has 0 saturated carbocycles. The molecule has 0 aliphatic carbocycles. The van der Waals surface area contributed by atoms with E-state index in [1.165, 1.54) is 0 Å². The molecule has 0 bridgehead atoms. The van der Waals surface area contributed by atoms with E-state index in [9.17, 15) is 9.59 Å². The zero-order valence-corrected chi connectivity index (χ0v) is 12.9. The number of urea groups is 1. The summed E-state index contributed by atoms with van der Waals surface area (Å²) in [5.74, 6) is -0.274. The van der Waals surface area contributed by atoms with Crippen LogP contribution in [-0.2, 0) is 4.79 Å². The lowest BCUT2D eigenvalue weighted by molar-refractivity contribution is -0.683. The van der Waals surface area contributed by atoms with Crippen LogP contribution in [0, 0.1) is 0 Å². The second kappa shape index (κ2) is 9.94. The fraction of sp³-hybridized carbons (Fsp3) is 0.500. The molecular formula is C16H26N3O2+. The van der Waals surface area contributed by atoms with Crippen LogP contribution in [0.1, 0.15) is 44.7 Å². The fourth-order valence-corrected chi connectivity index (χ4v) is 2.13. The first-order chi connectivity index (χ1) is 10.2. The van der Waals surface area contributed by atoms with Crippen molar-refractivity contribution in [2.24, 2.45) is 0 Å². The largest absolute Gasteiger partial charge is 0.338 e. The van der Waals surface area contributed by atoms with Crippen LogP contribution in [0.15, 0.2) is 30.3 Å². The maximum atomic E-state index is 12.3. The summed E-state index contributed by atoms with van der Waals surface area (Å²) in [6, 6.07) is 8.73. The van der Waals surface area contributed by atoms with E-state index in [-0.39, 0.29) is 11.9 Å². The van der Waals surface area contributed by atoms with Crippen molar-refractivity contribution in [2.45, 2.75) is 39.2 Å². The zero-order chi connectivity index (χ0) is 15.5. The highest BCUT2D eigenvalue weighted by Gasteiger charge is 2.25. The minimum absolute atomic E-state index is 0.274. The first-order valence-corrected chi connectivity index (χ1v) is 7.66. The van der Waals surface area contributed by atoms with Crippen LogP contribution in [0.25, 0.3) is 0 Å². The number of hydrogen-bond acceptors (Lipinski definition) is 2. The van der Waals surface area contributed by atoms with E-state index in [4.69, 9.17) is 0 Å². The van der Waals surface area contributed by atoms with Crippen LogP contribution >= 0.6 is 0 Å². The highest BCUT2D eigenvalue weighted by Crippen LogP contribution is 2.08. The van der Waals surface area contributed by atoms with Crippen molar-refractivity contribution >= 4 is 11.9 Å². The summed E-state index contributed by atoms with van der Waals surface area (Å²) in [6.07, 6.45) is 3.36. The summed E-state index contributed by atoms with van der Waals surface area (Å²) in [6.45, 7) is 5.33. The van der Waals surface area contributed by atoms with Crippen molar-refractivity contribution in [2.75, 3.05) is 13.1 Å². The van der Waals surface area contributed by atoms with Gasteiger partial charge in [0.2, 0.25) is 0 Å². The standard InChI is InChI=1S/C16H25N3O2/c1-3-5-9-12-18-14(13-10-7-6-8-11-13)15(20)19-16(21)17-4-2/h6-8,10-11,14,18H,3-5,9,12H2,1-2H3,(H2,17,19,20,21)/p+1/t14-/m0/s1. The number of carbonyl (C=O) groups is 2. The summed E-state index contributed by atoms with van der Waals surface area (Å²) in [7, 11) is 0. The lowest BCUT2D eigenvalue weighted by atomic mass is 10.1. The number of unbranched alkanes of at least 4 members (excludes halogenated alkanes) is 2. The zero-order valence-electron chi connectivity index (χ0n) is 12.9. The van der Waals surface area contributed by atoms with E-state index in [0.29, 0.717) is 6.54 Å². The number of quaternary nitrogens is 1. The lowest BCUT2D eigenvalue weighted by Crippen LogP contribution is -2.87. The molecule has 0 radical (unpaired) electrons. The van der Waals surface area contributed by atoms with Crippen molar-refractivity contribution in [3.8, 4) is 0 Å². The van der Waals surface area contributed by atoms with Crippen LogP contribution < -0.4 is 16.0 Å². The average Bonchev–Trinajstić information content (AvgIpc) is 2.48. The molecule has 0 heterocycles. The SMILES string of the molecule is CCCCC[NH2+][C@H](C(=O)NC(=O)NCC)c1ccccc1. The van der Waals surface area contributed by atoms with E-state index >= 15 is 0 Å². The summed E-state index contributed by atoms with van der Waals surface area (Å²) in [5.41, 5.74) is 0.913. The average molecular weight is 292 g/mol. The summed E-state index contributed by atoms with van der Waals surface area (Å²) >= 11 is 0. The second-order valence-electron chi connectivity index (χ2n) is 4.97. The van der Waals surface area contributed by atoms with Crippen molar-refractivity contribution in [3.05, 3.63) is 35.9 Å². The topological polar surface area (TPSA) is 74.8 Å². The first kappa shape index (κ1) is 17.2.